The largest absolute Gasteiger partial charge is 0.395 e. The molecule has 1 saturated heterocycles. The van der Waals surface area contributed by atoms with Crippen LogP contribution in [-0.2, 0) is 5.41 Å². The van der Waals surface area contributed by atoms with E-state index in [1.807, 2.05) is 20.0 Å². The summed E-state index contributed by atoms with van der Waals surface area (Å²) in [5.74, 6) is -0.777. The van der Waals surface area contributed by atoms with Gasteiger partial charge in [-0.05, 0) is 68.4 Å². The number of aromatic nitrogens is 2. The molecule has 2 aliphatic heterocycles. The summed E-state index contributed by atoms with van der Waals surface area (Å²) >= 11 is 0. The van der Waals surface area contributed by atoms with E-state index in [-0.39, 0.29) is 24.2 Å². The molecule has 0 spiro atoms. The van der Waals surface area contributed by atoms with Gasteiger partial charge in [-0.15, -0.1) is 0 Å². The molecule has 1 unspecified atom stereocenters. The minimum Gasteiger partial charge on any atom is -0.395 e. The number of hydrogen-bond donors (Lipinski definition) is 4. The average Bonchev–Trinajstić information content (AvgIpc) is 3.47. The Bertz CT molecular complexity index is 1450. The summed E-state index contributed by atoms with van der Waals surface area (Å²) in [4.78, 5) is 23.9. The van der Waals surface area contributed by atoms with Crippen LogP contribution in [0.3, 0.4) is 0 Å². The number of halogens is 1. The molecule has 2 aliphatic rings. The number of hydrogen-bond acceptors (Lipinski definition) is 8. The summed E-state index contributed by atoms with van der Waals surface area (Å²) in [5.41, 5.74) is 3.92. The number of aliphatic hydroxyl groups excluding tert-OH is 1. The summed E-state index contributed by atoms with van der Waals surface area (Å²) in [5, 5.41) is 29.0. The van der Waals surface area contributed by atoms with Crippen molar-refractivity contribution < 1.29 is 14.3 Å². The van der Waals surface area contributed by atoms with E-state index >= 15 is 0 Å². The van der Waals surface area contributed by atoms with Crippen molar-refractivity contribution in [3.8, 4) is 17.3 Å². The first-order valence-electron chi connectivity index (χ1n) is 12.5. The fraction of sp³-hybridized carbons (Fsp3) is 0.357. The quantitative estimate of drug-likeness (QED) is 0.394. The number of nitrogens with zero attached hydrogens (tertiary/aromatic N) is 4. The Morgan fingerprint density at radius 2 is 2.18 bits per heavy atom. The van der Waals surface area contributed by atoms with E-state index in [2.05, 4.69) is 36.9 Å². The first-order valence-corrected chi connectivity index (χ1v) is 12.5. The Labute approximate surface area is 220 Å². The average molecular weight is 516 g/mol. The number of rotatable bonds is 6. The molecule has 4 N–H and O–H groups in total. The Balaban J connectivity index is 1.43. The number of aryl methyl sites for hydroxylation is 1. The molecule has 0 aliphatic carbocycles. The number of likely N-dealkylation sites (N-methyl/N-ethyl adjacent to an activating group) is 1. The summed E-state index contributed by atoms with van der Waals surface area (Å²) in [6, 6.07) is 10.5. The van der Waals surface area contributed by atoms with Crippen LogP contribution in [-0.4, -0.2) is 65.2 Å². The second-order valence-electron chi connectivity index (χ2n) is 10.4. The number of aliphatic hydroxyl groups is 1. The van der Waals surface area contributed by atoms with Crippen LogP contribution in [0, 0.1) is 24.1 Å². The molecule has 1 aromatic heterocycles. The lowest BCUT2D eigenvalue weighted by molar-refractivity contribution is 0.0934. The molecule has 3 aromatic rings. The molecule has 0 saturated carbocycles. The van der Waals surface area contributed by atoms with Crippen LogP contribution in [0.15, 0.2) is 36.5 Å². The molecule has 196 valence electrons. The predicted octanol–water partition coefficient (Wildman–Crippen LogP) is 3.32. The van der Waals surface area contributed by atoms with E-state index in [0.29, 0.717) is 34.6 Å². The van der Waals surface area contributed by atoms with Gasteiger partial charge in [0.1, 0.15) is 11.9 Å². The minimum absolute atomic E-state index is 0.0156. The number of likely N-dealkylation sites (tertiary alicyclic amines) is 1. The fourth-order valence-corrected chi connectivity index (χ4v) is 5.06. The molecule has 9 nitrogen and oxygen atoms in total. The maximum atomic E-state index is 14.7. The zero-order chi connectivity index (χ0) is 27.0. The van der Waals surface area contributed by atoms with Crippen molar-refractivity contribution in [3.05, 3.63) is 64.6 Å². The first kappa shape index (κ1) is 25.6. The number of anilines is 3. The molecule has 5 rings (SSSR count). The molecule has 0 bridgehead atoms. The number of carbonyl (C=O) groups excluding carboxylic acids is 1. The van der Waals surface area contributed by atoms with Crippen molar-refractivity contribution in [1.29, 1.82) is 5.26 Å². The summed E-state index contributed by atoms with van der Waals surface area (Å²) in [6.07, 6.45) is 2.42. The Morgan fingerprint density at radius 1 is 1.37 bits per heavy atom. The van der Waals surface area contributed by atoms with Crippen molar-refractivity contribution in [3.63, 3.8) is 0 Å². The zero-order valence-corrected chi connectivity index (χ0v) is 21.6. The molecule has 1 amide bonds. The monoisotopic (exact) mass is 515 g/mol. The van der Waals surface area contributed by atoms with Gasteiger partial charge < -0.3 is 26.0 Å². The lowest BCUT2D eigenvalue weighted by atomic mass is 9.83. The van der Waals surface area contributed by atoms with E-state index in [1.54, 1.807) is 25.3 Å². The number of nitrogens with one attached hydrogen (secondary N) is 3. The van der Waals surface area contributed by atoms with Crippen molar-refractivity contribution in [1.82, 2.24) is 20.2 Å². The minimum atomic E-state index is -0.589. The normalized spacial score (nSPS) is 20.5. The van der Waals surface area contributed by atoms with Gasteiger partial charge in [-0.1, -0.05) is 6.92 Å². The Hall–Kier alpha value is -4.07. The van der Waals surface area contributed by atoms with Gasteiger partial charge in [-0.2, -0.15) is 5.26 Å². The number of amides is 1. The molecule has 2 atom stereocenters. The first-order chi connectivity index (χ1) is 18.2. The molecule has 10 heteroatoms. The lowest BCUT2D eigenvalue weighted by Crippen LogP contribution is -2.37. The fourth-order valence-electron chi connectivity index (χ4n) is 5.06. The van der Waals surface area contributed by atoms with Crippen molar-refractivity contribution in [2.75, 3.05) is 43.9 Å². The maximum Gasteiger partial charge on any atom is 0.254 e. The van der Waals surface area contributed by atoms with Gasteiger partial charge in [-0.3, -0.25) is 4.79 Å². The molecule has 2 aromatic carbocycles. The van der Waals surface area contributed by atoms with E-state index in [9.17, 15) is 19.6 Å². The molecular formula is C28H30FN7O2. The maximum absolute atomic E-state index is 14.7. The molecule has 3 heterocycles. The zero-order valence-electron chi connectivity index (χ0n) is 21.6. The number of benzene rings is 2. The third kappa shape index (κ3) is 4.78. The van der Waals surface area contributed by atoms with Gasteiger partial charge >= 0.3 is 0 Å². The third-order valence-corrected chi connectivity index (χ3v) is 7.40. The number of nitriles is 1. The van der Waals surface area contributed by atoms with Gasteiger partial charge in [0, 0.05) is 42.0 Å². The summed E-state index contributed by atoms with van der Waals surface area (Å²) < 4.78 is 14.7. The second kappa shape index (κ2) is 10.0. The van der Waals surface area contributed by atoms with Crippen LogP contribution in [0.25, 0.3) is 11.3 Å². The third-order valence-electron chi connectivity index (χ3n) is 7.40. The highest BCUT2D eigenvalue weighted by molar-refractivity contribution is 5.96. The van der Waals surface area contributed by atoms with Crippen LogP contribution in [0.1, 0.15) is 40.4 Å². The summed E-state index contributed by atoms with van der Waals surface area (Å²) in [6.45, 7) is 5.78. The van der Waals surface area contributed by atoms with Crippen molar-refractivity contribution in [2.45, 2.75) is 31.7 Å². The van der Waals surface area contributed by atoms with Gasteiger partial charge in [-0.25, -0.2) is 14.4 Å². The van der Waals surface area contributed by atoms with Gasteiger partial charge in [0.25, 0.3) is 5.91 Å². The van der Waals surface area contributed by atoms with Crippen LogP contribution in [0.2, 0.25) is 0 Å². The van der Waals surface area contributed by atoms with Crippen LogP contribution in [0.5, 0.6) is 0 Å². The van der Waals surface area contributed by atoms with Gasteiger partial charge in [0.05, 0.1) is 29.1 Å². The SMILES string of the molecule is Cc1cc(F)c(C(=O)NC2CCN(C)C2)cc1Nc1nccc(-c2cc(C#N)c3c(c2)[C@@](C)(CO)CN3)n1. The number of carbonyl (C=O) groups is 1. The highest BCUT2D eigenvalue weighted by Crippen LogP contribution is 2.41. The summed E-state index contributed by atoms with van der Waals surface area (Å²) in [7, 11) is 1.99. The van der Waals surface area contributed by atoms with E-state index in [4.69, 9.17) is 0 Å². The highest BCUT2D eigenvalue weighted by Gasteiger charge is 2.36. The Kier molecular flexibility index (Phi) is 6.73. The predicted molar refractivity (Wildman–Crippen MR) is 143 cm³/mol. The van der Waals surface area contributed by atoms with E-state index in [1.165, 1.54) is 12.1 Å². The molecule has 0 radical (unpaired) electrons. The van der Waals surface area contributed by atoms with Crippen LogP contribution in [0.4, 0.5) is 21.7 Å². The number of fused-ring (bicyclic) bond motifs is 1. The highest BCUT2D eigenvalue weighted by atomic mass is 19.1. The second-order valence-corrected chi connectivity index (χ2v) is 10.4. The topological polar surface area (TPSA) is 126 Å². The van der Waals surface area contributed by atoms with Gasteiger partial charge in [0.15, 0.2) is 0 Å². The molecule has 38 heavy (non-hydrogen) atoms. The standard InChI is InChI=1S/C28H30FN7O2/c1-16-8-22(29)20(26(38)33-19-5-7-36(3)13-19)11-24(16)35-27-31-6-4-23(34-27)17-9-18(12-30)25-21(10-17)28(2,15-37)14-32-25/h4,6,8-11,19,32,37H,5,7,13-15H2,1-3H3,(H,33,38)(H,31,34,35)/t19?,28-/m1/s1. The van der Waals surface area contributed by atoms with Crippen molar-refractivity contribution in [2.24, 2.45) is 0 Å². The van der Waals surface area contributed by atoms with Crippen LogP contribution >= 0.6 is 0 Å². The van der Waals surface area contributed by atoms with Crippen molar-refractivity contribution >= 4 is 23.2 Å². The van der Waals surface area contributed by atoms with E-state index in [0.717, 1.165) is 30.8 Å². The van der Waals surface area contributed by atoms with E-state index < -0.39 is 17.1 Å². The smallest absolute Gasteiger partial charge is 0.254 e. The molecular weight excluding hydrogens is 485 g/mol. The molecule has 1 fully saturated rings. The van der Waals surface area contributed by atoms with Crippen LogP contribution < -0.4 is 16.0 Å². The van der Waals surface area contributed by atoms with Gasteiger partial charge in [0.2, 0.25) is 5.95 Å². The lowest BCUT2D eigenvalue weighted by Gasteiger charge is -2.21. The Morgan fingerprint density at radius 3 is 2.89 bits per heavy atom.